The molecule has 0 saturated heterocycles. The molecule has 0 amide bonds. The first kappa shape index (κ1) is 10.9. The van der Waals surface area contributed by atoms with Gasteiger partial charge in [0.15, 0.2) is 0 Å². The number of hydrogen-bond acceptors (Lipinski definition) is 0. The van der Waals surface area contributed by atoms with Gasteiger partial charge in [-0.1, -0.05) is 22.0 Å². The predicted octanol–water partition coefficient (Wildman–Crippen LogP) is 2.78. The van der Waals surface area contributed by atoms with Gasteiger partial charge in [-0.15, -0.1) is 0 Å². The molecule has 2 rings (SSSR count). The van der Waals surface area contributed by atoms with Crippen molar-refractivity contribution in [2.75, 3.05) is 0 Å². The normalized spacial score (nSPS) is 26.3. The number of rotatable bonds is 0. The third kappa shape index (κ3) is 1.39. The average molecular weight is 226 g/mol. The molecule has 2 heteroatoms. The van der Waals surface area contributed by atoms with E-state index in [9.17, 15) is 0 Å². The van der Waals surface area contributed by atoms with E-state index in [1.807, 2.05) is 0 Å². The maximum absolute atomic E-state index is 3.72. The number of hydrogen-bond donors (Lipinski definition) is 0. The average Bonchev–Trinajstić information content (AvgIpc) is 2.50. The van der Waals surface area contributed by atoms with Crippen LogP contribution >= 0.6 is 0 Å². The Morgan fingerprint density at radius 3 is 2.13 bits per heavy atom. The van der Waals surface area contributed by atoms with Crippen molar-refractivity contribution in [3.63, 3.8) is 0 Å². The topological polar surface area (TPSA) is 0 Å². The van der Waals surface area contributed by atoms with Gasteiger partial charge in [0.2, 0.25) is 0 Å². The Hall–Kier alpha value is -0.606. The zero-order chi connectivity index (χ0) is 11.3. The summed E-state index contributed by atoms with van der Waals surface area (Å²) in [6.07, 6.45) is 2.28. The van der Waals surface area contributed by atoms with Crippen LogP contribution in [0.3, 0.4) is 0 Å². The molecule has 2 aliphatic carbocycles. The largest absolute Gasteiger partial charge is 0.0747 e. The van der Waals surface area contributed by atoms with Crippen LogP contribution < -0.4 is 0 Å². The summed E-state index contributed by atoms with van der Waals surface area (Å²) in [5, 5.41) is 2.38. The van der Waals surface area contributed by atoms with Crippen molar-refractivity contribution in [3.05, 3.63) is 44.3 Å². The van der Waals surface area contributed by atoms with E-state index in [4.69, 9.17) is 0 Å². The van der Waals surface area contributed by atoms with E-state index < -0.39 is 0 Å². The molecular formula is C13H14Si2. The fraction of sp³-hybridized carbons (Fsp3) is 0.385. The third-order valence-corrected chi connectivity index (χ3v) is 4.98. The molecule has 0 aliphatic heterocycles. The van der Waals surface area contributed by atoms with Crippen molar-refractivity contribution in [1.82, 2.24) is 0 Å². The lowest BCUT2D eigenvalue weighted by Crippen LogP contribution is -2.12. The Morgan fingerprint density at radius 2 is 1.53 bits per heavy atom. The highest BCUT2D eigenvalue weighted by molar-refractivity contribution is 6.38. The first-order chi connectivity index (χ1) is 6.95. The van der Waals surface area contributed by atoms with E-state index in [1.54, 1.807) is 0 Å². The summed E-state index contributed by atoms with van der Waals surface area (Å²) >= 11 is 0. The summed E-state index contributed by atoms with van der Waals surface area (Å²) in [5.41, 5.74) is 7.18. The first-order valence-corrected chi connectivity index (χ1v) is 6.20. The second kappa shape index (κ2) is 3.46. The Bertz CT molecular complexity index is 459. The van der Waals surface area contributed by atoms with E-state index >= 15 is 0 Å². The van der Waals surface area contributed by atoms with Crippen molar-refractivity contribution in [1.29, 1.82) is 0 Å². The van der Waals surface area contributed by atoms with Gasteiger partial charge in [-0.3, -0.25) is 0 Å². The van der Waals surface area contributed by atoms with E-state index in [-0.39, 0.29) is 0 Å². The summed E-state index contributed by atoms with van der Waals surface area (Å²) < 4.78 is 0. The van der Waals surface area contributed by atoms with Gasteiger partial charge < -0.3 is 0 Å². The smallest absolute Gasteiger partial charge is 0.0714 e. The van der Waals surface area contributed by atoms with E-state index in [0.29, 0.717) is 5.92 Å². The van der Waals surface area contributed by atoms with E-state index in [2.05, 4.69) is 54.3 Å². The van der Waals surface area contributed by atoms with Crippen LogP contribution in [0, 0.1) is 5.92 Å². The molecule has 0 aromatic heterocycles. The van der Waals surface area contributed by atoms with Crippen molar-refractivity contribution in [3.8, 4) is 0 Å². The predicted molar refractivity (Wildman–Crippen MR) is 66.9 cm³/mol. The molecule has 0 saturated carbocycles. The van der Waals surface area contributed by atoms with Gasteiger partial charge in [0.25, 0.3) is 0 Å². The first-order valence-electron chi connectivity index (χ1n) is 5.20. The van der Waals surface area contributed by atoms with Crippen molar-refractivity contribution >= 4 is 20.5 Å². The molecule has 15 heavy (non-hydrogen) atoms. The van der Waals surface area contributed by atoms with Crippen LogP contribution in [0.1, 0.15) is 27.7 Å². The molecule has 0 N–H and O–H groups in total. The monoisotopic (exact) mass is 226 g/mol. The minimum atomic E-state index is 0.466. The molecule has 74 valence electrons. The molecular weight excluding hydrogens is 212 g/mol. The summed E-state index contributed by atoms with van der Waals surface area (Å²) in [5.74, 6) is 0.466. The lowest BCUT2D eigenvalue weighted by molar-refractivity contribution is 0.865. The molecule has 0 nitrogen and oxygen atoms in total. The van der Waals surface area contributed by atoms with Gasteiger partial charge in [-0.25, -0.2) is 0 Å². The molecule has 2 aliphatic rings. The zero-order valence-electron chi connectivity index (χ0n) is 9.65. The molecule has 1 atom stereocenters. The quantitative estimate of drug-likeness (QED) is 0.557. The molecule has 0 heterocycles. The third-order valence-electron chi connectivity index (χ3n) is 3.77. The second-order valence-corrected chi connectivity index (χ2v) is 5.44. The van der Waals surface area contributed by atoms with Crippen molar-refractivity contribution < 1.29 is 0 Å². The molecule has 6 radical (unpaired) electrons. The van der Waals surface area contributed by atoms with Crippen LogP contribution in [0.5, 0.6) is 0 Å². The van der Waals surface area contributed by atoms with E-state index in [0.717, 1.165) is 0 Å². The number of fused-ring (bicyclic) bond motifs is 1. The van der Waals surface area contributed by atoms with Crippen LogP contribution in [0.15, 0.2) is 44.3 Å². The fourth-order valence-corrected chi connectivity index (χ4v) is 3.14. The Balaban J connectivity index is 2.70. The highest BCUT2D eigenvalue weighted by atomic mass is 28.2. The Morgan fingerprint density at radius 1 is 0.933 bits per heavy atom. The van der Waals surface area contributed by atoms with Gasteiger partial charge in [0.1, 0.15) is 0 Å². The maximum atomic E-state index is 3.72. The molecule has 0 spiro atoms. The summed E-state index contributed by atoms with van der Waals surface area (Å²) in [6, 6.07) is 0. The SMILES string of the molecule is CC1=C(C)C2=C([Si])C([Si])=CC2C(C)=C1C. The van der Waals surface area contributed by atoms with Gasteiger partial charge in [-0.2, -0.15) is 0 Å². The minimum Gasteiger partial charge on any atom is -0.0747 e. The molecule has 0 aromatic carbocycles. The fourth-order valence-electron chi connectivity index (χ4n) is 2.41. The number of allylic oxidation sites excluding steroid dienone is 8. The Kier molecular flexibility index (Phi) is 2.51. The minimum absolute atomic E-state index is 0.466. The maximum Gasteiger partial charge on any atom is 0.0714 e. The van der Waals surface area contributed by atoms with Gasteiger partial charge >= 0.3 is 0 Å². The van der Waals surface area contributed by atoms with Crippen LogP contribution in [-0.4, -0.2) is 20.5 Å². The van der Waals surface area contributed by atoms with Gasteiger partial charge in [0.05, 0.1) is 20.5 Å². The van der Waals surface area contributed by atoms with Crippen LogP contribution in [0.4, 0.5) is 0 Å². The highest BCUT2D eigenvalue weighted by Gasteiger charge is 2.29. The molecule has 0 aromatic rings. The van der Waals surface area contributed by atoms with Crippen molar-refractivity contribution in [2.24, 2.45) is 5.92 Å². The zero-order valence-corrected chi connectivity index (χ0v) is 11.7. The lowest BCUT2D eigenvalue weighted by Gasteiger charge is -2.27. The van der Waals surface area contributed by atoms with Gasteiger partial charge in [-0.05, 0) is 50.0 Å². The molecule has 0 bridgehead atoms. The van der Waals surface area contributed by atoms with E-state index in [1.165, 1.54) is 38.3 Å². The van der Waals surface area contributed by atoms with Crippen LogP contribution in [0.2, 0.25) is 0 Å². The van der Waals surface area contributed by atoms with Gasteiger partial charge in [0, 0.05) is 5.92 Å². The van der Waals surface area contributed by atoms with Crippen LogP contribution in [0.25, 0.3) is 0 Å². The second-order valence-electron chi connectivity index (χ2n) is 4.40. The van der Waals surface area contributed by atoms with Crippen LogP contribution in [-0.2, 0) is 0 Å². The van der Waals surface area contributed by atoms with Crippen molar-refractivity contribution in [2.45, 2.75) is 27.7 Å². The summed E-state index contributed by atoms with van der Waals surface area (Å²) in [6.45, 7) is 8.88. The molecule has 0 fully saturated rings. The lowest BCUT2D eigenvalue weighted by atomic mass is 9.79. The summed E-state index contributed by atoms with van der Waals surface area (Å²) in [7, 11) is 7.37. The standard InChI is InChI=1S/C13H14Si2/c1-6-7(2)9(4)12-10(8(6)3)5-11(14)13(12)15/h5,10H,1-4H3. The summed E-state index contributed by atoms with van der Waals surface area (Å²) in [4.78, 5) is 0. The highest BCUT2D eigenvalue weighted by Crippen LogP contribution is 2.44. The molecule has 1 unspecified atom stereocenters. The Labute approximate surface area is 98.7 Å².